The molecular weight excluding hydrogens is 905 g/mol. The Kier molecular flexibility index (Phi) is 19.0. The highest BCUT2D eigenvalue weighted by atomic mass is 16.6. The van der Waals surface area contributed by atoms with E-state index in [1.165, 1.54) is 36.4 Å². The first-order chi connectivity index (χ1) is 33.8. The zero-order chi connectivity index (χ0) is 50.7. The van der Waals surface area contributed by atoms with Gasteiger partial charge in [-0.1, -0.05) is 94.1 Å². The monoisotopic (exact) mass is 958 g/mol. The van der Waals surface area contributed by atoms with Crippen molar-refractivity contribution in [3.63, 3.8) is 0 Å². The summed E-state index contributed by atoms with van der Waals surface area (Å²) in [6.45, 7) is 21.9. The number of ether oxygens (including phenoxy) is 8. The molecule has 5 rings (SSSR count). The second-order valence-electron chi connectivity index (χ2n) is 15.3. The molecule has 0 bridgehead atoms. The summed E-state index contributed by atoms with van der Waals surface area (Å²) in [5.41, 5.74) is 0.723. The van der Waals surface area contributed by atoms with Crippen molar-refractivity contribution < 1.29 is 77.5 Å². The van der Waals surface area contributed by atoms with Crippen LogP contribution in [0.4, 0.5) is 0 Å². The van der Waals surface area contributed by atoms with Crippen LogP contribution in [-0.2, 0) is 51.0 Å². The predicted octanol–water partition coefficient (Wildman–Crippen LogP) is 7.68. The van der Waals surface area contributed by atoms with Gasteiger partial charge < -0.3 is 58.3 Å². The largest absolute Gasteiger partial charge is 0.504 e. The molecule has 1 aliphatic rings. The SMILES string of the molecule is C=CCOC(=O)[C@H](Cc1ccc(OCC=C)c(OCC=C)c1)OC(=O)C1=Cc2cc(O)c(O)cc2[C@@H](c2ccc(O)c(O)c2)[C@@H]1C(=O)O[C@@H](Cc1ccc(OCC=C)c(OCC=C)c1)C(=O)OCC=C. The Morgan fingerprint density at radius 2 is 0.971 bits per heavy atom. The summed E-state index contributed by atoms with van der Waals surface area (Å²) >= 11 is 0. The molecule has 4 N–H and O–H groups in total. The number of hydrogen-bond donors (Lipinski definition) is 4. The summed E-state index contributed by atoms with van der Waals surface area (Å²) in [5, 5.41) is 42.6. The van der Waals surface area contributed by atoms with E-state index in [1.54, 1.807) is 48.6 Å². The van der Waals surface area contributed by atoms with E-state index in [9.17, 15) is 34.8 Å². The number of esters is 4. The first-order valence-corrected chi connectivity index (χ1v) is 21.7. The molecule has 0 amide bonds. The average molecular weight is 959 g/mol. The Hall–Kier alpha value is -8.66. The Bertz CT molecular complexity index is 2640. The smallest absolute Gasteiger partial charge is 0.348 e. The minimum Gasteiger partial charge on any atom is -0.504 e. The third kappa shape index (κ3) is 13.5. The van der Waals surface area contributed by atoms with Crippen molar-refractivity contribution in [3.05, 3.63) is 176 Å². The Balaban J connectivity index is 1.64. The maximum Gasteiger partial charge on any atom is 0.348 e. The van der Waals surface area contributed by atoms with Crippen LogP contribution >= 0.6 is 0 Å². The minimum absolute atomic E-state index is 0.0962. The first kappa shape index (κ1) is 52.3. The molecule has 4 aromatic rings. The van der Waals surface area contributed by atoms with Crippen LogP contribution in [-0.4, -0.2) is 96.2 Å². The van der Waals surface area contributed by atoms with Crippen molar-refractivity contribution in [3.8, 4) is 46.0 Å². The van der Waals surface area contributed by atoms with Gasteiger partial charge in [0.1, 0.15) is 39.6 Å². The van der Waals surface area contributed by atoms with Gasteiger partial charge in [-0.3, -0.25) is 4.79 Å². The third-order valence-electron chi connectivity index (χ3n) is 10.3. The van der Waals surface area contributed by atoms with Gasteiger partial charge in [-0.25, -0.2) is 14.4 Å². The van der Waals surface area contributed by atoms with Crippen LogP contribution in [0.25, 0.3) is 6.08 Å². The van der Waals surface area contributed by atoms with Gasteiger partial charge in [0.2, 0.25) is 12.2 Å². The normalized spacial score (nSPS) is 14.4. The maximum absolute atomic E-state index is 15.1. The molecule has 0 aromatic heterocycles. The fourth-order valence-electron chi connectivity index (χ4n) is 7.25. The standard InChI is InChI=1S/C54H54O16/c1-7-19-63-43-17-13-33(25-45(43)65-21-9-3)27-47(52(60)67-23-11-5)69-51(59)38-29-36-31-41(57)42(58)32-37(36)49(35-15-16-39(55)40(56)30-35)50(38)54(62)70-48(53(61)68-24-12-6)28-34-14-18-44(64-20-8-2)46(26-34)66-22-10-4/h7-18,25-26,29-32,47-50,55-58H,1-6,19-24,27-28H2/t47-,48-,49+,50+/m0/s1. The van der Waals surface area contributed by atoms with Crippen molar-refractivity contribution in [1.82, 2.24) is 0 Å². The van der Waals surface area contributed by atoms with E-state index in [1.807, 2.05) is 0 Å². The third-order valence-corrected chi connectivity index (χ3v) is 10.3. The summed E-state index contributed by atoms with van der Waals surface area (Å²) < 4.78 is 45.9. The highest BCUT2D eigenvalue weighted by Gasteiger charge is 2.45. The lowest BCUT2D eigenvalue weighted by Gasteiger charge is -2.34. The van der Waals surface area contributed by atoms with Crippen LogP contribution in [0.5, 0.6) is 46.0 Å². The molecule has 0 unspecified atom stereocenters. The molecule has 4 atom stereocenters. The number of phenols is 4. The molecule has 0 fully saturated rings. The second kappa shape index (κ2) is 25.5. The van der Waals surface area contributed by atoms with Crippen LogP contribution in [0.15, 0.2) is 148 Å². The van der Waals surface area contributed by atoms with Crippen LogP contribution < -0.4 is 18.9 Å². The quantitative estimate of drug-likeness (QED) is 0.0195. The number of carbonyl (C=O) groups excluding carboxylic acids is 4. The topological polar surface area (TPSA) is 223 Å². The molecule has 4 aromatic carbocycles. The molecular formula is C54H54O16. The van der Waals surface area contributed by atoms with Crippen LogP contribution in [0.2, 0.25) is 0 Å². The van der Waals surface area contributed by atoms with E-state index in [4.69, 9.17) is 37.9 Å². The molecule has 0 radical (unpaired) electrons. The summed E-state index contributed by atoms with van der Waals surface area (Å²) in [4.78, 5) is 57.6. The van der Waals surface area contributed by atoms with Gasteiger partial charge in [0, 0.05) is 18.8 Å². The summed E-state index contributed by atoms with van der Waals surface area (Å²) in [5.74, 6) is -8.72. The van der Waals surface area contributed by atoms with Gasteiger partial charge in [-0.15, -0.1) is 0 Å². The van der Waals surface area contributed by atoms with Gasteiger partial charge in [0.05, 0.1) is 11.5 Å². The van der Waals surface area contributed by atoms with Gasteiger partial charge in [0.15, 0.2) is 46.0 Å². The van der Waals surface area contributed by atoms with Crippen LogP contribution in [0.1, 0.15) is 33.7 Å². The number of rotatable bonds is 27. The van der Waals surface area contributed by atoms with E-state index < -0.39 is 76.5 Å². The molecule has 366 valence electrons. The Morgan fingerprint density at radius 1 is 0.514 bits per heavy atom. The molecule has 0 heterocycles. The van der Waals surface area contributed by atoms with E-state index in [0.29, 0.717) is 22.6 Å². The molecule has 1 aliphatic carbocycles. The van der Waals surface area contributed by atoms with Crippen molar-refractivity contribution in [2.75, 3.05) is 39.6 Å². The molecule has 16 heteroatoms. The number of carbonyl (C=O) groups is 4. The number of benzene rings is 4. The summed E-state index contributed by atoms with van der Waals surface area (Å²) in [7, 11) is 0. The van der Waals surface area contributed by atoms with E-state index >= 15 is 4.79 Å². The van der Waals surface area contributed by atoms with Crippen LogP contribution in [0.3, 0.4) is 0 Å². The predicted molar refractivity (Wildman–Crippen MR) is 258 cm³/mol. The molecule has 70 heavy (non-hydrogen) atoms. The Morgan fingerprint density at radius 3 is 1.46 bits per heavy atom. The highest BCUT2D eigenvalue weighted by Crippen LogP contribution is 2.48. The Labute approximate surface area is 404 Å². The lowest BCUT2D eigenvalue weighted by atomic mass is 9.71. The van der Waals surface area contributed by atoms with E-state index in [2.05, 4.69) is 39.5 Å². The number of fused-ring (bicyclic) bond motifs is 1. The number of hydrogen-bond acceptors (Lipinski definition) is 16. The molecule has 0 saturated heterocycles. The molecule has 0 aliphatic heterocycles. The van der Waals surface area contributed by atoms with E-state index in [-0.39, 0.29) is 80.7 Å². The van der Waals surface area contributed by atoms with Crippen molar-refractivity contribution in [2.45, 2.75) is 31.0 Å². The summed E-state index contributed by atoms with van der Waals surface area (Å²) in [6.07, 6.45) is 5.99. The summed E-state index contributed by atoms with van der Waals surface area (Å²) in [6, 6.07) is 15.4. The average Bonchev–Trinajstić information content (AvgIpc) is 3.35. The molecule has 0 saturated carbocycles. The first-order valence-electron chi connectivity index (χ1n) is 21.7. The van der Waals surface area contributed by atoms with E-state index in [0.717, 1.165) is 24.3 Å². The van der Waals surface area contributed by atoms with Crippen molar-refractivity contribution in [1.29, 1.82) is 0 Å². The van der Waals surface area contributed by atoms with Crippen molar-refractivity contribution >= 4 is 30.0 Å². The number of aromatic hydroxyl groups is 4. The van der Waals surface area contributed by atoms with Crippen LogP contribution in [0, 0.1) is 5.92 Å². The fraction of sp³-hybridized carbons (Fsp3) is 0.222. The second-order valence-corrected chi connectivity index (χ2v) is 15.3. The van der Waals surface area contributed by atoms with Gasteiger partial charge in [0.25, 0.3) is 0 Å². The lowest BCUT2D eigenvalue weighted by molar-refractivity contribution is -0.170. The number of phenolic OH excluding ortho intramolecular Hbond substituents is 4. The maximum atomic E-state index is 15.1. The minimum atomic E-state index is -1.80. The fourth-order valence-corrected chi connectivity index (χ4v) is 7.25. The van der Waals surface area contributed by atoms with Gasteiger partial charge in [-0.2, -0.15) is 0 Å². The zero-order valence-corrected chi connectivity index (χ0v) is 38.3. The van der Waals surface area contributed by atoms with Gasteiger partial charge >= 0.3 is 23.9 Å². The molecule has 0 spiro atoms. The lowest BCUT2D eigenvalue weighted by Crippen LogP contribution is -2.40. The zero-order valence-electron chi connectivity index (χ0n) is 38.3. The van der Waals surface area contributed by atoms with Crippen molar-refractivity contribution in [2.24, 2.45) is 5.92 Å². The molecule has 16 nitrogen and oxygen atoms in total. The van der Waals surface area contributed by atoms with Gasteiger partial charge in [-0.05, 0) is 82.4 Å². The highest BCUT2D eigenvalue weighted by molar-refractivity contribution is 6.03.